The molecule has 0 saturated carbocycles. The Bertz CT molecular complexity index is 367. The number of halogens is 1. The van der Waals surface area contributed by atoms with Crippen LogP contribution in [0.5, 0.6) is 0 Å². The normalized spacial score (nSPS) is 8.60. The molecule has 0 bridgehead atoms. The number of ether oxygens (including phenoxy) is 1. The van der Waals surface area contributed by atoms with Crippen LogP contribution in [0.3, 0.4) is 0 Å². The van der Waals surface area contributed by atoms with Gasteiger partial charge < -0.3 is 9.84 Å². The zero-order chi connectivity index (χ0) is 10.6. The molecule has 0 atom stereocenters. The lowest BCUT2D eigenvalue weighted by molar-refractivity contribution is 0.0698. The number of hydrogen-bond acceptors (Lipinski definition) is 3. The van der Waals surface area contributed by atoms with E-state index in [1.165, 1.54) is 19.2 Å². The zero-order valence-corrected chi connectivity index (χ0v) is 8.71. The Morgan fingerprint density at radius 1 is 1.33 bits per heavy atom. The Morgan fingerprint density at radius 2 is 1.93 bits per heavy atom. The maximum atomic E-state index is 10.8. The predicted molar refractivity (Wildman–Crippen MR) is 56.7 cm³/mol. The van der Waals surface area contributed by atoms with Gasteiger partial charge in [-0.1, -0.05) is 12.1 Å². The van der Waals surface area contributed by atoms with E-state index in [4.69, 9.17) is 5.11 Å². The molecule has 0 aromatic heterocycles. The van der Waals surface area contributed by atoms with Gasteiger partial charge in [-0.15, -0.1) is 12.4 Å². The van der Waals surface area contributed by atoms with E-state index < -0.39 is 12.1 Å². The number of carbonyl (C=O) groups is 2. The van der Waals surface area contributed by atoms with Crippen molar-refractivity contribution in [2.75, 3.05) is 12.4 Å². The number of rotatable bonds is 2. The second kappa shape index (κ2) is 5.87. The molecule has 2 N–H and O–H groups in total. The quantitative estimate of drug-likeness (QED) is 0.816. The van der Waals surface area contributed by atoms with E-state index in [2.05, 4.69) is 10.1 Å². The lowest BCUT2D eigenvalue weighted by Gasteiger charge is -2.06. The van der Waals surface area contributed by atoms with Crippen LogP contribution in [0.25, 0.3) is 0 Å². The summed E-state index contributed by atoms with van der Waals surface area (Å²) in [5.74, 6) is -1.10. The third-order valence-corrected chi connectivity index (χ3v) is 1.58. The molecule has 1 rings (SSSR count). The molecule has 0 radical (unpaired) electrons. The van der Waals surface area contributed by atoms with Crippen LogP contribution in [0.1, 0.15) is 10.4 Å². The van der Waals surface area contributed by atoms with Gasteiger partial charge in [-0.05, 0) is 12.1 Å². The standard InChI is InChI=1S/C9H9NO4.ClH/c1-14-9(13)10-7-5-3-2-4-6(7)8(11)12;/h2-5H,1H3,(H,10,13)(H,11,12);1H. The van der Waals surface area contributed by atoms with E-state index in [1.807, 2.05) is 0 Å². The maximum Gasteiger partial charge on any atom is 0.411 e. The van der Waals surface area contributed by atoms with E-state index in [-0.39, 0.29) is 23.7 Å². The van der Waals surface area contributed by atoms with Gasteiger partial charge in [0.2, 0.25) is 0 Å². The first-order valence-electron chi connectivity index (χ1n) is 3.82. The monoisotopic (exact) mass is 231 g/mol. The van der Waals surface area contributed by atoms with Crippen molar-refractivity contribution >= 4 is 30.2 Å². The van der Waals surface area contributed by atoms with Crippen LogP contribution in [0, 0.1) is 0 Å². The van der Waals surface area contributed by atoms with Gasteiger partial charge in [0.05, 0.1) is 18.4 Å². The fourth-order valence-corrected chi connectivity index (χ4v) is 0.940. The van der Waals surface area contributed by atoms with Crippen LogP contribution in [0.15, 0.2) is 24.3 Å². The summed E-state index contributed by atoms with van der Waals surface area (Å²) in [6.07, 6.45) is -0.696. The number of nitrogens with one attached hydrogen (secondary N) is 1. The molecule has 82 valence electrons. The lowest BCUT2D eigenvalue weighted by atomic mass is 10.2. The number of hydrogen-bond donors (Lipinski definition) is 2. The molecule has 0 unspecified atom stereocenters. The molecule has 0 aliphatic heterocycles. The fraction of sp³-hybridized carbons (Fsp3) is 0.111. The summed E-state index contributed by atoms with van der Waals surface area (Å²) >= 11 is 0. The molecule has 6 heteroatoms. The molecule has 15 heavy (non-hydrogen) atoms. The summed E-state index contributed by atoms with van der Waals surface area (Å²) in [6.45, 7) is 0. The molecule has 1 amide bonds. The lowest BCUT2D eigenvalue weighted by Crippen LogP contribution is -2.13. The highest BCUT2D eigenvalue weighted by atomic mass is 35.5. The molecule has 0 saturated heterocycles. The summed E-state index contributed by atoms with van der Waals surface area (Å²) in [6, 6.07) is 6.08. The second-order valence-electron chi connectivity index (χ2n) is 2.47. The third kappa shape index (κ3) is 3.47. The topological polar surface area (TPSA) is 75.6 Å². The number of anilines is 1. The van der Waals surface area contributed by atoms with Crippen molar-refractivity contribution in [1.82, 2.24) is 0 Å². The number of carboxylic acid groups (broad SMARTS) is 1. The van der Waals surface area contributed by atoms with Gasteiger partial charge in [0.15, 0.2) is 0 Å². The van der Waals surface area contributed by atoms with Gasteiger partial charge in [-0.25, -0.2) is 9.59 Å². The van der Waals surface area contributed by atoms with Crippen LogP contribution in [-0.4, -0.2) is 24.3 Å². The largest absolute Gasteiger partial charge is 0.478 e. The number of para-hydroxylation sites is 1. The van der Waals surface area contributed by atoms with Crippen LogP contribution >= 0.6 is 12.4 Å². The van der Waals surface area contributed by atoms with Crippen molar-refractivity contribution in [3.63, 3.8) is 0 Å². The van der Waals surface area contributed by atoms with Crippen LogP contribution in [0.2, 0.25) is 0 Å². The fourth-order valence-electron chi connectivity index (χ4n) is 0.940. The van der Waals surface area contributed by atoms with Gasteiger partial charge in [-0.3, -0.25) is 5.32 Å². The average molecular weight is 232 g/mol. The van der Waals surface area contributed by atoms with Gasteiger partial charge in [0.25, 0.3) is 0 Å². The molecule has 0 spiro atoms. The molecule has 0 aliphatic carbocycles. The Kier molecular flexibility index (Phi) is 5.19. The first-order chi connectivity index (χ1) is 6.65. The SMILES string of the molecule is COC(=O)Nc1ccccc1C(=O)O.Cl. The van der Waals surface area contributed by atoms with Crippen LogP contribution in [-0.2, 0) is 4.74 Å². The highest BCUT2D eigenvalue weighted by Gasteiger charge is 2.10. The summed E-state index contributed by atoms with van der Waals surface area (Å²) in [7, 11) is 1.21. The molecule has 1 aromatic carbocycles. The summed E-state index contributed by atoms with van der Waals surface area (Å²) < 4.78 is 4.35. The first-order valence-corrected chi connectivity index (χ1v) is 3.82. The van der Waals surface area contributed by atoms with E-state index >= 15 is 0 Å². The minimum atomic E-state index is -1.10. The number of carbonyl (C=O) groups excluding carboxylic acids is 1. The smallest absolute Gasteiger partial charge is 0.411 e. The predicted octanol–water partition coefficient (Wildman–Crippen LogP) is 1.98. The Labute approximate surface area is 92.5 Å². The second-order valence-corrected chi connectivity index (χ2v) is 2.47. The molecule has 5 nitrogen and oxygen atoms in total. The van der Waals surface area contributed by atoms with Crippen LogP contribution in [0.4, 0.5) is 10.5 Å². The molecular weight excluding hydrogens is 222 g/mol. The van der Waals surface area contributed by atoms with Crippen molar-refractivity contribution in [3.8, 4) is 0 Å². The van der Waals surface area contributed by atoms with Gasteiger partial charge in [0, 0.05) is 0 Å². The number of methoxy groups -OCH3 is 1. The van der Waals surface area contributed by atoms with Crippen molar-refractivity contribution in [2.45, 2.75) is 0 Å². The maximum absolute atomic E-state index is 10.8. The summed E-state index contributed by atoms with van der Waals surface area (Å²) in [5.41, 5.74) is 0.241. The molecule has 1 aromatic rings. The summed E-state index contributed by atoms with van der Waals surface area (Å²) in [4.78, 5) is 21.5. The molecule has 0 heterocycles. The van der Waals surface area contributed by atoms with Gasteiger partial charge >= 0.3 is 12.1 Å². The van der Waals surface area contributed by atoms with E-state index in [9.17, 15) is 9.59 Å². The highest BCUT2D eigenvalue weighted by Crippen LogP contribution is 2.14. The average Bonchev–Trinajstić information content (AvgIpc) is 2.18. The number of aromatic carboxylic acids is 1. The first kappa shape index (κ1) is 13.2. The van der Waals surface area contributed by atoms with Crippen molar-refractivity contribution < 1.29 is 19.4 Å². The Balaban J connectivity index is 0.00000196. The highest BCUT2D eigenvalue weighted by molar-refractivity contribution is 5.98. The summed E-state index contributed by atoms with van der Waals surface area (Å²) in [5, 5.41) is 11.1. The Hall–Kier alpha value is -1.75. The Morgan fingerprint density at radius 3 is 2.47 bits per heavy atom. The zero-order valence-electron chi connectivity index (χ0n) is 7.89. The number of benzene rings is 1. The van der Waals surface area contributed by atoms with Crippen molar-refractivity contribution in [2.24, 2.45) is 0 Å². The molecule has 0 fully saturated rings. The van der Waals surface area contributed by atoms with Crippen molar-refractivity contribution in [1.29, 1.82) is 0 Å². The van der Waals surface area contributed by atoms with E-state index in [0.717, 1.165) is 0 Å². The minimum absolute atomic E-state index is 0. The van der Waals surface area contributed by atoms with E-state index in [1.54, 1.807) is 12.1 Å². The molecular formula is C9H10ClNO4. The molecule has 0 aliphatic rings. The minimum Gasteiger partial charge on any atom is -0.478 e. The van der Waals surface area contributed by atoms with Gasteiger partial charge in [0.1, 0.15) is 0 Å². The number of carboxylic acids is 1. The van der Waals surface area contributed by atoms with Crippen molar-refractivity contribution in [3.05, 3.63) is 29.8 Å². The van der Waals surface area contributed by atoms with E-state index in [0.29, 0.717) is 0 Å². The third-order valence-electron chi connectivity index (χ3n) is 1.58. The number of amides is 1. The van der Waals surface area contributed by atoms with Crippen LogP contribution < -0.4 is 5.32 Å². The van der Waals surface area contributed by atoms with Gasteiger partial charge in [-0.2, -0.15) is 0 Å².